The third-order valence-corrected chi connectivity index (χ3v) is 9.19. The van der Waals surface area contributed by atoms with E-state index in [0.29, 0.717) is 33.8 Å². The maximum Gasteiger partial charge on any atom is 0.430 e. The predicted octanol–water partition coefficient (Wildman–Crippen LogP) is 9.90. The molecule has 0 aliphatic carbocycles. The van der Waals surface area contributed by atoms with Crippen LogP contribution < -0.4 is 0 Å². The number of alkyl halides is 21. The fourth-order valence-corrected chi connectivity index (χ4v) is 5.87. The van der Waals surface area contributed by atoms with Gasteiger partial charge in [0.1, 0.15) is 5.75 Å². The molecular weight excluding hydrogens is 863 g/mol. The second-order valence-corrected chi connectivity index (χ2v) is 13.8. The van der Waals surface area contributed by atoms with E-state index in [9.17, 15) is 118 Å². The average Bonchev–Trinajstić information content (AvgIpc) is 2.96. The number of phenols is 1. The minimum atomic E-state index is -7.11. The molecule has 0 aliphatic heterocycles. The first-order valence-corrected chi connectivity index (χ1v) is 15.2. The lowest BCUT2D eigenvalue weighted by atomic mass is 9.68. The van der Waals surface area contributed by atoms with Crippen molar-refractivity contribution in [2.24, 2.45) is 0 Å². The Balaban J connectivity index is 3.46. The zero-order valence-electron chi connectivity index (χ0n) is 29.3. The van der Waals surface area contributed by atoms with Gasteiger partial charge in [0, 0.05) is 23.0 Å². The highest BCUT2D eigenvalue weighted by atomic mass is 19.4. The van der Waals surface area contributed by atoms with Crippen molar-refractivity contribution in [3.63, 3.8) is 0 Å². The van der Waals surface area contributed by atoms with Crippen LogP contribution in [0.4, 0.5) is 92.2 Å². The molecule has 0 radical (unpaired) electrons. The Hall–Kier alpha value is -3.65. The lowest BCUT2D eigenvalue weighted by Crippen LogP contribution is -2.57. The fraction of sp³-hybridized carbons (Fsp3) is 0.562. The molecule has 5 N–H and O–H groups in total. The quantitative estimate of drug-likeness (QED) is 0.170. The first-order chi connectivity index (χ1) is 25.1. The summed E-state index contributed by atoms with van der Waals surface area (Å²) in [4.78, 5) is 0. The van der Waals surface area contributed by atoms with E-state index < -0.39 is 140 Å². The van der Waals surface area contributed by atoms with Gasteiger partial charge in [-0.05, 0) is 72.4 Å². The highest BCUT2D eigenvalue weighted by Gasteiger charge is 2.74. The van der Waals surface area contributed by atoms with Crippen molar-refractivity contribution in [3.05, 3.63) is 69.3 Å². The largest absolute Gasteiger partial charge is 0.507 e. The van der Waals surface area contributed by atoms with Crippen LogP contribution in [0.25, 0.3) is 5.57 Å². The van der Waals surface area contributed by atoms with Crippen molar-refractivity contribution >= 4 is 5.57 Å². The normalized spacial score (nSPS) is 16.5. The fourth-order valence-electron chi connectivity index (χ4n) is 5.87. The first kappa shape index (κ1) is 50.5. The van der Waals surface area contributed by atoms with Crippen molar-refractivity contribution in [2.75, 3.05) is 0 Å². The Labute approximate surface area is 311 Å². The van der Waals surface area contributed by atoms with Gasteiger partial charge >= 0.3 is 43.2 Å². The predicted molar refractivity (Wildman–Crippen MR) is 154 cm³/mol. The molecule has 2 aromatic rings. The summed E-state index contributed by atoms with van der Waals surface area (Å²) in [5.74, 6) is -1.99. The zero-order chi connectivity index (χ0) is 46.4. The van der Waals surface area contributed by atoms with Gasteiger partial charge in [-0.2, -0.15) is 92.2 Å². The van der Waals surface area contributed by atoms with Crippen LogP contribution in [0, 0.1) is 13.8 Å². The number of hydrogen-bond donors (Lipinski definition) is 5. The number of aryl methyl sites for hydroxylation is 2. The molecule has 0 saturated heterocycles. The third-order valence-electron chi connectivity index (χ3n) is 9.19. The molecule has 0 saturated carbocycles. The Bertz CT molecular complexity index is 1840. The summed E-state index contributed by atoms with van der Waals surface area (Å²) in [5.41, 5.74) is -41.2. The standard InChI is InChI=1S/C32H27F21O5/c1-12-6-14(15(10-22(5,55)26(33,34)35)11-23(56,27(36,37)38)28(39,40)41)8-17(24(57,29(42,43)44)30(45,46)47)19(12)21(3,4)16-7-13(2)20(54)18(9-16)25(58,31(48,49)50)32(51,52)53/h6-10,54-58H,11H2,1-5H3/b15-10+. The molecule has 5 nitrogen and oxygen atoms in total. The van der Waals surface area contributed by atoms with Crippen molar-refractivity contribution in [1.82, 2.24) is 0 Å². The van der Waals surface area contributed by atoms with Crippen LogP contribution in [0.15, 0.2) is 30.3 Å². The van der Waals surface area contributed by atoms with Crippen LogP contribution in [0.1, 0.15) is 66.1 Å². The van der Waals surface area contributed by atoms with E-state index in [1.165, 1.54) is 0 Å². The van der Waals surface area contributed by atoms with Gasteiger partial charge in [-0.3, -0.25) is 0 Å². The molecule has 0 spiro atoms. The molecule has 58 heavy (non-hydrogen) atoms. The average molecular weight is 891 g/mol. The molecule has 2 rings (SSSR count). The second-order valence-electron chi connectivity index (χ2n) is 13.8. The van der Waals surface area contributed by atoms with Crippen LogP contribution in [0.5, 0.6) is 5.75 Å². The molecule has 0 aromatic heterocycles. The first-order valence-electron chi connectivity index (χ1n) is 15.2. The van der Waals surface area contributed by atoms with Gasteiger partial charge in [0.25, 0.3) is 16.8 Å². The minimum Gasteiger partial charge on any atom is -0.507 e. The summed E-state index contributed by atoms with van der Waals surface area (Å²) in [6.45, 7) is 1.36. The van der Waals surface area contributed by atoms with E-state index in [0.717, 1.165) is 0 Å². The monoisotopic (exact) mass is 890 g/mol. The van der Waals surface area contributed by atoms with E-state index in [2.05, 4.69) is 0 Å². The summed E-state index contributed by atoms with van der Waals surface area (Å²) in [5, 5.41) is 50.5. The molecule has 2 aromatic carbocycles. The highest BCUT2D eigenvalue weighted by molar-refractivity contribution is 5.71. The van der Waals surface area contributed by atoms with Crippen molar-refractivity contribution in [1.29, 1.82) is 0 Å². The van der Waals surface area contributed by atoms with Gasteiger partial charge in [-0.1, -0.05) is 26.0 Å². The van der Waals surface area contributed by atoms with Crippen molar-refractivity contribution in [2.45, 2.75) is 112 Å². The molecule has 0 heterocycles. The van der Waals surface area contributed by atoms with Crippen LogP contribution in [-0.2, 0) is 16.6 Å². The summed E-state index contributed by atoms with van der Waals surface area (Å²) < 4.78 is 294. The van der Waals surface area contributed by atoms with Gasteiger partial charge in [0.05, 0.1) is 0 Å². The molecule has 1 atom stereocenters. The maximum absolute atomic E-state index is 14.5. The van der Waals surface area contributed by atoms with E-state index >= 15 is 0 Å². The van der Waals surface area contributed by atoms with Crippen LogP contribution in [0.3, 0.4) is 0 Å². The van der Waals surface area contributed by atoms with Crippen LogP contribution in [-0.4, -0.2) is 80.0 Å². The number of hydrogen-bond acceptors (Lipinski definition) is 5. The number of phenolic OH excluding ortho intramolecular Hbond substituents is 1. The number of halogens is 21. The maximum atomic E-state index is 14.5. The lowest BCUT2D eigenvalue weighted by molar-refractivity contribution is -0.377. The molecule has 332 valence electrons. The minimum absolute atomic E-state index is 0.0326. The summed E-state index contributed by atoms with van der Waals surface area (Å²) in [7, 11) is 0. The number of benzene rings is 2. The summed E-state index contributed by atoms with van der Waals surface area (Å²) in [6.07, 6.45) is -52.0. The number of rotatable bonds is 8. The molecule has 0 fully saturated rings. The Morgan fingerprint density at radius 1 is 0.500 bits per heavy atom. The Morgan fingerprint density at radius 3 is 1.22 bits per heavy atom. The van der Waals surface area contributed by atoms with Crippen molar-refractivity contribution in [3.8, 4) is 5.75 Å². The molecule has 26 heteroatoms. The van der Waals surface area contributed by atoms with Gasteiger partial charge in [0.2, 0.25) is 0 Å². The smallest absolute Gasteiger partial charge is 0.430 e. The van der Waals surface area contributed by atoms with E-state index in [1.807, 2.05) is 0 Å². The molecule has 1 unspecified atom stereocenters. The zero-order valence-corrected chi connectivity index (χ0v) is 29.3. The van der Waals surface area contributed by atoms with E-state index in [1.54, 1.807) is 0 Å². The van der Waals surface area contributed by atoms with Crippen molar-refractivity contribution < 1.29 is 118 Å². The Kier molecular flexibility index (Phi) is 12.4. The van der Waals surface area contributed by atoms with Crippen LogP contribution >= 0.6 is 0 Å². The SMILES string of the molecule is Cc1cc(C(C)(C)c2c(C)cc(/C(=C/C(C)(O)C(F)(F)F)CC(O)(C(F)(F)F)C(F)(F)F)cc2C(O)(C(F)(F)F)C(F)(F)F)cc(C(O)(C(F)(F)F)C(F)(F)F)c1O. The topological polar surface area (TPSA) is 101 Å². The highest BCUT2D eigenvalue weighted by Crippen LogP contribution is 2.57. The number of aromatic hydroxyl groups is 1. The lowest BCUT2D eigenvalue weighted by Gasteiger charge is -2.40. The molecule has 0 aliphatic rings. The summed E-state index contributed by atoms with van der Waals surface area (Å²) >= 11 is 0. The summed E-state index contributed by atoms with van der Waals surface area (Å²) in [6, 6.07) is -0.844. The van der Waals surface area contributed by atoms with Gasteiger partial charge in [-0.25, -0.2) is 0 Å². The molecular formula is C32H27F21O5. The Morgan fingerprint density at radius 2 is 0.879 bits per heavy atom. The van der Waals surface area contributed by atoms with E-state index in [4.69, 9.17) is 0 Å². The molecule has 0 bridgehead atoms. The number of aliphatic hydroxyl groups is 4. The third kappa shape index (κ3) is 8.25. The van der Waals surface area contributed by atoms with E-state index in [-0.39, 0.29) is 19.1 Å². The van der Waals surface area contributed by atoms with Gasteiger partial charge in [0.15, 0.2) is 5.60 Å². The van der Waals surface area contributed by atoms with Gasteiger partial charge < -0.3 is 25.5 Å². The van der Waals surface area contributed by atoms with Crippen LogP contribution in [0.2, 0.25) is 0 Å². The second kappa shape index (κ2) is 14.2. The van der Waals surface area contributed by atoms with Gasteiger partial charge in [-0.15, -0.1) is 0 Å². The molecule has 0 amide bonds.